The number of rotatable bonds is 5. The maximum atomic E-state index is 12.8. The zero-order chi connectivity index (χ0) is 20.3. The molecule has 0 unspecified atom stereocenters. The molecule has 0 aliphatic heterocycles. The van der Waals surface area contributed by atoms with E-state index in [0.717, 1.165) is 12.1 Å². The lowest BCUT2D eigenvalue weighted by Gasteiger charge is -2.11. The van der Waals surface area contributed by atoms with Gasteiger partial charge in [0, 0.05) is 28.6 Å². The van der Waals surface area contributed by atoms with E-state index in [1.54, 1.807) is 18.2 Å². The van der Waals surface area contributed by atoms with Crippen molar-refractivity contribution >= 4 is 39.8 Å². The van der Waals surface area contributed by atoms with Gasteiger partial charge in [0.15, 0.2) is 11.0 Å². The molecule has 0 fully saturated rings. The molecule has 1 aromatic heterocycles. The first-order valence-corrected chi connectivity index (χ1v) is 8.46. The number of nitrogens with zero attached hydrogens (tertiary/aromatic N) is 2. The lowest BCUT2D eigenvalue weighted by atomic mass is 10.1. The highest BCUT2D eigenvalue weighted by molar-refractivity contribution is 6.34. The summed E-state index contributed by atoms with van der Waals surface area (Å²) >= 11 is 6.06. The van der Waals surface area contributed by atoms with Gasteiger partial charge in [0.05, 0.1) is 5.56 Å². The first-order chi connectivity index (χ1) is 13.3. The number of benzene rings is 2. The molecule has 0 saturated heterocycles. The standard InChI is InChI=1S/C19H14ClF3N4O/c1-2-8-24-17-15-9-11(6-7-14(15)16(20)26-27-17)18(28)25-13-5-3-4-12(10-13)19(21,22)23/h2-7,9-10H,1,8H2,(H,24,27)(H,25,28). The Hall–Kier alpha value is -3.13. The Labute approximate surface area is 163 Å². The first-order valence-electron chi connectivity index (χ1n) is 8.09. The van der Waals surface area contributed by atoms with Crippen LogP contribution in [0.4, 0.5) is 24.7 Å². The molecule has 5 nitrogen and oxygen atoms in total. The highest BCUT2D eigenvalue weighted by Gasteiger charge is 2.30. The normalized spacial score (nSPS) is 11.3. The quantitative estimate of drug-likeness (QED) is 0.575. The molecule has 0 aliphatic carbocycles. The average Bonchev–Trinajstić information content (AvgIpc) is 2.67. The number of carbonyl (C=O) groups excluding carboxylic acids is 1. The molecule has 0 saturated carbocycles. The number of hydrogen-bond donors (Lipinski definition) is 2. The molecule has 144 valence electrons. The topological polar surface area (TPSA) is 66.9 Å². The van der Waals surface area contributed by atoms with Gasteiger partial charge in [0.1, 0.15) is 0 Å². The third kappa shape index (κ3) is 4.23. The second-order valence-electron chi connectivity index (χ2n) is 5.80. The van der Waals surface area contributed by atoms with E-state index in [0.29, 0.717) is 23.1 Å². The molecule has 28 heavy (non-hydrogen) atoms. The molecule has 1 amide bonds. The smallest absolute Gasteiger partial charge is 0.365 e. The number of alkyl halides is 3. The van der Waals surface area contributed by atoms with Crippen LogP contribution >= 0.6 is 11.6 Å². The van der Waals surface area contributed by atoms with E-state index in [1.807, 2.05) is 0 Å². The van der Waals surface area contributed by atoms with Crippen LogP contribution in [0.25, 0.3) is 10.8 Å². The van der Waals surface area contributed by atoms with Crippen molar-refractivity contribution in [3.8, 4) is 0 Å². The highest BCUT2D eigenvalue weighted by atomic mass is 35.5. The van der Waals surface area contributed by atoms with Crippen molar-refractivity contribution < 1.29 is 18.0 Å². The Balaban J connectivity index is 1.93. The van der Waals surface area contributed by atoms with E-state index in [2.05, 4.69) is 27.4 Å². The number of aromatic nitrogens is 2. The van der Waals surface area contributed by atoms with Gasteiger partial charge in [-0.15, -0.1) is 16.8 Å². The third-order valence-electron chi connectivity index (χ3n) is 3.86. The number of anilines is 2. The second-order valence-corrected chi connectivity index (χ2v) is 6.16. The largest absolute Gasteiger partial charge is 0.416 e. The van der Waals surface area contributed by atoms with Gasteiger partial charge in [0.25, 0.3) is 5.91 Å². The maximum Gasteiger partial charge on any atom is 0.416 e. The van der Waals surface area contributed by atoms with E-state index < -0.39 is 17.6 Å². The van der Waals surface area contributed by atoms with Gasteiger partial charge in [-0.2, -0.15) is 13.2 Å². The van der Waals surface area contributed by atoms with Crippen molar-refractivity contribution in [1.82, 2.24) is 10.2 Å². The summed E-state index contributed by atoms with van der Waals surface area (Å²) in [5.74, 6) is -0.156. The highest BCUT2D eigenvalue weighted by Crippen LogP contribution is 2.31. The minimum atomic E-state index is -4.50. The van der Waals surface area contributed by atoms with Crippen molar-refractivity contribution in [2.45, 2.75) is 6.18 Å². The zero-order valence-corrected chi connectivity index (χ0v) is 15.1. The van der Waals surface area contributed by atoms with Crippen molar-refractivity contribution in [3.05, 3.63) is 71.4 Å². The molecule has 0 radical (unpaired) electrons. The van der Waals surface area contributed by atoms with Crippen LogP contribution in [0.3, 0.4) is 0 Å². The Morgan fingerprint density at radius 3 is 2.64 bits per heavy atom. The minimum Gasteiger partial charge on any atom is -0.365 e. The van der Waals surface area contributed by atoms with Crippen LogP contribution in [-0.2, 0) is 6.18 Å². The molecule has 0 bridgehead atoms. The average molecular weight is 407 g/mol. The number of nitrogens with one attached hydrogen (secondary N) is 2. The summed E-state index contributed by atoms with van der Waals surface area (Å²) in [5.41, 5.74) is -0.576. The number of carbonyl (C=O) groups is 1. The van der Waals surface area contributed by atoms with Gasteiger partial charge >= 0.3 is 6.18 Å². The fourth-order valence-corrected chi connectivity index (χ4v) is 2.74. The lowest BCUT2D eigenvalue weighted by molar-refractivity contribution is -0.137. The molecule has 9 heteroatoms. The molecule has 0 spiro atoms. The lowest BCUT2D eigenvalue weighted by Crippen LogP contribution is -2.13. The van der Waals surface area contributed by atoms with Crippen molar-refractivity contribution in [1.29, 1.82) is 0 Å². The molecule has 2 N–H and O–H groups in total. The van der Waals surface area contributed by atoms with Gasteiger partial charge in [0.2, 0.25) is 0 Å². The van der Waals surface area contributed by atoms with Crippen molar-refractivity contribution in [2.75, 3.05) is 17.2 Å². The summed E-state index contributed by atoms with van der Waals surface area (Å²) in [4.78, 5) is 12.5. The SMILES string of the molecule is C=CCNc1nnc(Cl)c2ccc(C(=O)Nc3cccc(C(F)(F)F)c3)cc12. The van der Waals surface area contributed by atoms with E-state index in [1.165, 1.54) is 18.2 Å². The summed E-state index contributed by atoms with van der Waals surface area (Å²) < 4.78 is 38.5. The van der Waals surface area contributed by atoms with Crippen LogP contribution in [-0.4, -0.2) is 22.6 Å². The van der Waals surface area contributed by atoms with Crippen LogP contribution in [0.1, 0.15) is 15.9 Å². The predicted molar refractivity (Wildman–Crippen MR) is 103 cm³/mol. The summed E-state index contributed by atoms with van der Waals surface area (Å²) in [7, 11) is 0. The fourth-order valence-electron chi connectivity index (χ4n) is 2.54. The molecular formula is C19H14ClF3N4O. The molecule has 2 aromatic carbocycles. The Morgan fingerprint density at radius 2 is 1.93 bits per heavy atom. The van der Waals surface area contributed by atoms with Gasteiger partial charge in [-0.25, -0.2) is 0 Å². The second kappa shape index (κ2) is 7.85. The number of fused-ring (bicyclic) bond motifs is 1. The van der Waals surface area contributed by atoms with Crippen molar-refractivity contribution in [3.63, 3.8) is 0 Å². The van der Waals surface area contributed by atoms with Crippen LogP contribution in [0.2, 0.25) is 5.15 Å². The van der Waals surface area contributed by atoms with Gasteiger partial charge in [-0.3, -0.25) is 4.79 Å². The van der Waals surface area contributed by atoms with E-state index >= 15 is 0 Å². The third-order valence-corrected chi connectivity index (χ3v) is 4.14. The van der Waals surface area contributed by atoms with Crippen LogP contribution in [0.15, 0.2) is 55.1 Å². The Bertz CT molecular complexity index is 1050. The monoisotopic (exact) mass is 406 g/mol. The molecule has 0 atom stereocenters. The summed E-state index contributed by atoms with van der Waals surface area (Å²) in [6.07, 6.45) is -2.86. The van der Waals surface area contributed by atoms with Crippen molar-refractivity contribution in [2.24, 2.45) is 0 Å². The van der Waals surface area contributed by atoms with Crippen LogP contribution in [0.5, 0.6) is 0 Å². The molecule has 1 heterocycles. The molecular weight excluding hydrogens is 393 g/mol. The van der Waals surface area contributed by atoms with Gasteiger partial charge < -0.3 is 10.6 Å². The predicted octanol–water partition coefficient (Wildman–Crippen LogP) is 5.15. The maximum absolute atomic E-state index is 12.8. The number of halogens is 4. The van der Waals surface area contributed by atoms with Gasteiger partial charge in [-0.1, -0.05) is 29.8 Å². The number of hydrogen-bond acceptors (Lipinski definition) is 4. The number of amides is 1. The fraction of sp³-hybridized carbons (Fsp3) is 0.105. The van der Waals surface area contributed by atoms with Crippen LogP contribution in [0, 0.1) is 0 Å². The molecule has 3 aromatic rings. The minimum absolute atomic E-state index is 0.0378. The van der Waals surface area contributed by atoms with E-state index in [-0.39, 0.29) is 16.4 Å². The van der Waals surface area contributed by atoms with E-state index in [4.69, 9.17) is 11.6 Å². The first kappa shape index (κ1) is 19.6. The Morgan fingerprint density at radius 1 is 1.14 bits per heavy atom. The zero-order valence-electron chi connectivity index (χ0n) is 14.3. The van der Waals surface area contributed by atoms with E-state index in [9.17, 15) is 18.0 Å². The van der Waals surface area contributed by atoms with Crippen LogP contribution < -0.4 is 10.6 Å². The Kier molecular flexibility index (Phi) is 5.51. The summed E-state index contributed by atoms with van der Waals surface area (Å²) in [5, 5.41) is 14.6. The molecule has 0 aliphatic rings. The summed E-state index contributed by atoms with van der Waals surface area (Å²) in [6, 6.07) is 9.08. The summed E-state index contributed by atoms with van der Waals surface area (Å²) in [6.45, 7) is 4.03. The molecule has 3 rings (SSSR count). The van der Waals surface area contributed by atoms with Gasteiger partial charge in [-0.05, 0) is 30.3 Å².